The van der Waals surface area contributed by atoms with Crippen LogP contribution in [0.25, 0.3) is 21.5 Å². The summed E-state index contributed by atoms with van der Waals surface area (Å²) in [5.41, 5.74) is 2.36. The minimum Gasteiger partial charge on any atom is -0.289 e. The molecule has 0 N–H and O–H groups in total. The second-order valence-corrected chi connectivity index (χ2v) is 4.84. The van der Waals surface area contributed by atoms with Gasteiger partial charge in [0, 0.05) is 10.8 Å². The van der Waals surface area contributed by atoms with Crippen molar-refractivity contribution < 1.29 is 0 Å². The van der Waals surface area contributed by atoms with Crippen LogP contribution < -0.4 is 5.43 Å². The molecule has 0 aromatic heterocycles. The summed E-state index contributed by atoms with van der Waals surface area (Å²) in [6.07, 6.45) is 0. The SMILES string of the molecule is CC.Cc1ccc2ccc3ccc(C)cc3c(=O)c2c1. The molecule has 20 heavy (non-hydrogen) atoms. The summed E-state index contributed by atoms with van der Waals surface area (Å²) in [4.78, 5) is 12.6. The molecule has 0 spiro atoms. The molecule has 0 bridgehead atoms. The van der Waals surface area contributed by atoms with Gasteiger partial charge in [0.05, 0.1) is 0 Å². The topological polar surface area (TPSA) is 17.1 Å². The Labute approximate surface area is 119 Å². The summed E-state index contributed by atoms with van der Waals surface area (Å²) in [7, 11) is 0. The fraction of sp³-hybridized carbons (Fsp3) is 0.211. The zero-order chi connectivity index (χ0) is 14.7. The largest absolute Gasteiger partial charge is 0.289 e. The standard InChI is InChI=1S/C17H14O.C2H6/c1-11-3-5-13-7-8-14-6-4-12(2)10-16(14)17(18)15(13)9-11;1-2/h3-10H,1-2H3;1-2H3. The molecule has 102 valence electrons. The van der Waals surface area contributed by atoms with Gasteiger partial charge in [0.15, 0.2) is 5.43 Å². The van der Waals surface area contributed by atoms with Crippen LogP contribution in [0.5, 0.6) is 0 Å². The Hall–Kier alpha value is -2.15. The van der Waals surface area contributed by atoms with Gasteiger partial charge in [0.1, 0.15) is 0 Å². The molecule has 1 heteroatoms. The maximum atomic E-state index is 12.6. The Bertz CT molecular complexity index is 749. The highest BCUT2D eigenvalue weighted by Gasteiger charge is 2.02. The zero-order valence-corrected chi connectivity index (χ0v) is 12.5. The van der Waals surface area contributed by atoms with Crippen LogP contribution in [0.4, 0.5) is 0 Å². The van der Waals surface area contributed by atoms with E-state index in [1.165, 1.54) is 0 Å². The number of aryl methyl sites for hydroxylation is 2. The third-order valence-corrected chi connectivity index (χ3v) is 3.35. The monoisotopic (exact) mass is 264 g/mol. The number of hydrogen-bond acceptors (Lipinski definition) is 1. The lowest BCUT2D eigenvalue weighted by molar-refractivity contribution is 1.50. The molecule has 0 heterocycles. The van der Waals surface area contributed by atoms with Gasteiger partial charge in [-0.2, -0.15) is 0 Å². The highest BCUT2D eigenvalue weighted by atomic mass is 16.1. The molecule has 0 aliphatic carbocycles. The zero-order valence-electron chi connectivity index (χ0n) is 12.5. The molecule has 0 saturated carbocycles. The summed E-state index contributed by atoms with van der Waals surface area (Å²) in [6, 6.07) is 16.1. The maximum Gasteiger partial charge on any atom is 0.194 e. The highest BCUT2D eigenvalue weighted by Crippen LogP contribution is 2.17. The second kappa shape index (κ2) is 5.87. The minimum absolute atomic E-state index is 0.123. The van der Waals surface area contributed by atoms with Crippen LogP contribution in [0.15, 0.2) is 53.3 Å². The first-order chi connectivity index (χ1) is 9.65. The van der Waals surface area contributed by atoms with Crippen LogP contribution in [0.2, 0.25) is 0 Å². The van der Waals surface area contributed by atoms with Gasteiger partial charge in [-0.15, -0.1) is 0 Å². The highest BCUT2D eigenvalue weighted by molar-refractivity contribution is 5.93. The van der Waals surface area contributed by atoms with E-state index in [1.54, 1.807) is 0 Å². The summed E-state index contributed by atoms with van der Waals surface area (Å²) < 4.78 is 0. The third kappa shape index (κ3) is 2.57. The third-order valence-electron chi connectivity index (χ3n) is 3.35. The average molecular weight is 264 g/mol. The van der Waals surface area contributed by atoms with E-state index in [4.69, 9.17) is 0 Å². The Morgan fingerprint density at radius 1 is 0.650 bits per heavy atom. The predicted octanol–water partition coefficient (Wildman–Crippen LogP) is 5.00. The quantitative estimate of drug-likeness (QED) is 0.558. The first kappa shape index (κ1) is 14.3. The molecule has 0 radical (unpaired) electrons. The van der Waals surface area contributed by atoms with E-state index < -0.39 is 0 Å². The van der Waals surface area contributed by atoms with Crippen LogP contribution in [0, 0.1) is 13.8 Å². The lowest BCUT2D eigenvalue weighted by Crippen LogP contribution is -1.98. The number of hydrogen-bond donors (Lipinski definition) is 0. The first-order valence-corrected chi connectivity index (χ1v) is 7.09. The molecule has 3 rings (SSSR count). The summed E-state index contributed by atoms with van der Waals surface area (Å²) in [6.45, 7) is 8.03. The van der Waals surface area contributed by atoms with E-state index in [-0.39, 0.29) is 5.43 Å². The van der Waals surface area contributed by atoms with E-state index >= 15 is 0 Å². The minimum atomic E-state index is 0.123. The van der Waals surface area contributed by atoms with Crippen molar-refractivity contribution in [2.75, 3.05) is 0 Å². The molecule has 0 saturated heterocycles. The van der Waals surface area contributed by atoms with Crippen molar-refractivity contribution in [2.24, 2.45) is 0 Å². The summed E-state index contributed by atoms with van der Waals surface area (Å²) in [5.74, 6) is 0. The van der Waals surface area contributed by atoms with E-state index in [0.717, 1.165) is 32.7 Å². The molecule has 0 fully saturated rings. The van der Waals surface area contributed by atoms with Crippen LogP contribution in [-0.4, -0.2) is 0 Å². The Morgan fingerprint density at radius 3 is 1.40 bits per heavy atom. The van der Waals surface area contributed by atoms with Gasteiger partial charge in [-0.3, -0.25) is 4.79 Å². The van der Waals surface area contributed by atoms with Crippen molar-refractivity contribution in [3.63, 3.8) is 0 Å². The van der Waals surface area contributed by atoms with Crippen LogP contribution in [-0.2, 0) is 0 Å². The van der Waals surface area contributed by atoms with Gasteiger partial charge in [0.2, 0.25) is 0 Å². The lowest BCUT2D eigenvalue weighted by Gasteiger charge is -1.95. The molecular formula is C19H20O. The predicted molar refractivity (Wildman–Crippen MR) is 88.5 cm³/mol. The molecule has 0 aliphatic heterocycles. The lowest BCUT2D eigenvalue weighted by atomic mass is 10.1. The van der Waals surface area contributed by atoms with Gasteiger partial charge < -0.3 is 0 Å². The smallest absolute Gasteiger partial charge is 0.194 e. The molecule has 1 nitrogen and oxygen atoms in total. The van der Waals surface area contributed by atoms with Gasteiger partial charge in [-0.25, -0.2) is 0 Å². The van der Waals surface area contributed by atoms with Crippen molar-refractivity contribution in [1.29, 1.82) is 0 Å². The molecule has 3 aromatic rings. The van der Waals surface area contributed by atoms with Gasteiger partial charge in [0.25, 0.3) is 0 Å². The maximum absolute atomic E-state index is 12.6. The normalized spacial score (nSPS) is 10.2. The fourth-order valence-electron chi connectivity index (χ4n) is 2.35. The molecule has 0 atom stereocenters. The fourth-order valence-corrected chi connectivity index (χ4v) is 2.35. The van der Waals surface area contributed by atoms with Crippen molar-refractivity contribution in [2.45, 2.75) is 27.7 Å². The van der Waals surface area contributed by atoms with E-state index in [9.17, 15) is 4.79 Å². The van der Waals surface area contributed by atoms with Crippen molar-refractivity contribution in [3.8, 4) is 0 Å². The van der Waals surface area contributed by atoms with Gasteiger partial charge >= 0.3 is 0 Å². The Balaban J connectivity index is 0.000000704. The van der Waals surface area contributed by atoms with Crippen molar-refractivity contribution in [3.05, 3.63) is 69.9 Å². The van der Waals surface area contributed by atoms with Crippen LogP contribution >= 0.6 is 0 Å². The molecule has 3 aromatic carbocycles. The van der Waals surface area contributed by atoms with Gasteiger partial charge in [-0.1, -0.05) is 61.4 Å². The van der Waals surface area contributed by atoms with E-state index in [0.29, 0.717) is 0 Å². The average Bonchev–Trinajstić information content (AvgIpc) is 2.60. The Morgan fingerprint density at radius 2 is 1.00 bits per heavy atom. The van der Waals surface area contributed by atoms with E-state index in [2.05, 4.69) is 0 Å². The second-order valence-electron chi connectivity index (χ2n) is 4.84. The van der Waals surface area contributed by atoms with E-state index in [1.807, 2.05) is 76.2 Å². The summed E-state index contributed by atoms with van der Waals surface area (Å²) in [5, 5.41) is 3.60. The number of benzene rings is 2. The number of fused-ring (bicyclic) bond motifs is 2. The first-order valence-electron chi connectivity index (χ1n) is 7.09. The summed E-state index contributed by atoms with van der Waals surface area (Å²) >= 11 is 0. The molecule has 0 amide bonds. The Kier molecular flexibility index (Phi) is 4.19. The van der Waals surface area contributed by atoms with Crippen molar-refractivity contribution in [1.82, 2.24) is 0 Å². The van der Waals surface area contributed by atoms with Crippen molar-refractivity contribution >= 4 is 21.5 Å². The van der Waals surface area contributed by atoms with Crippen LogP contribution in [0.3, 0.4) is 0 Å². The van der Waals surface area contributed by atoms with Gasteiger partial charge in [-0.05, 0) is 36.8 Å². The number of rotatable bonds is 0. The van der Waals surface area contributed by atoms with Crippen LogP contribution in [0.1, 0.15) is 25.0 Å². The molecule has 0 unspecified atom stereocenters. The molecular weight excluding hydrogens is 244 g/mol. The molecule has 0 aliphatic rings.